The summed E-state index contributed by atoms with van der Waals surface area (Å²) in [5.74, 6) is 1.30. The lowest BCUT2D eigenvalue weighted by Crippen LogP contribution is -2.18. The van der Waals surface area contributed by atoms with Crippen LogP contribution in [0.5, 0.6) is 0 Å². The first kappa shape index (κ1) is 15.4. The minimum atomic E-state index is -0.0772. The molecule has 118 valence electrons. The monoisotopic (exact) mass is 327 g/mol. The van der Waals surface area contributed by atoms with Crippen molar-refractivity contribution < 1.29 is 4.79 Å². The average molecular weight is 327 g/mol. The van der Waals surface area contributed by atoms with E-state index in [-0.39, 0.29) is 5.91 Å². The topological polar surface area (TPSA) is 79.8 Å². The summed E-state index contributed by atoms with van der Waals surface area (Å²) in [6.07, 6.45) is 3.54. The van der Waals surface area contributed by atoms with Gasteiger partial charge in [-0.2, -0.15) is 0 Å². The van der Waals surface area contributed by atoms with Gasteiger partial charge in [0.05, 0.1) is 5.39 Å². The van der Waals surface area contributed by atoms with Crippen LogP contribution < -0.4 is 10.6 Å². The predicted molar refractivity (Wildman–Crippen MR) is 92.9 cm³/mol. The maximum Gasteiger partial charge on any atom is 0.227 e. The summed E-state index contributed by atoms with van der Waals surface area (Å²) in [6, 6.07) is 3.76. The molecule has 3 aromatic rings. The van der Waals surface area contributed by atoms with Gasteiger partial charge in [0.1, 0.15) is 22.8 Å². The summed E-state index contributed by atoms with van der Waals surface area (Å²) in [7, 11) is 0. The third-order valence-corrected chi connectivity index (χ3v) is 4.47. The third-order valence-electron chi connectivity index (χ3n) is 3.47. The Morgan fingerprint density at radius 1 is 1.17 bits per heavy atom. The lowest BCUT2D eigenvalue weighted by atomic mass is 10.2. The fourth-order valence-corrected chi connectivity index (χ4v) is 3.15. The van der Waals surface area contributed by atoms with Crippen molar-refractivity contribution in [2.75, 3.05) is 17.2 Å². The van der Waals surface area contributed by atoms with Gasteiger partial charge in [0.25, 0.3) is 0 Å². The quantitative estimate of drug-likeness (QED) is 0.752. The van der Waals surface area contributed by atoms with Gasteiger partial charge in [0, 0.05) is 19.2 Å². The second-order valence-corrected chi connectivity index (χ2v) is 6.07. The van der Waals surface area contributed by atoms with E-state index in [1.807, 2.05) is 26.0 Å². The van der Waals surface area contributed by atoms with Crippen LogP contribution in [0.3, 0.4) is 0 Å². The summed E-state index contributed by atoms with van der Waals surface area (Å²) < 4.78 is 0. The second kappa shape index (κ2) is 6.70. The molecule has 0 saturated carbocycles. The highest BCUT2D eigenvalue weighted by Crippen LogP contribution is 2.28. The Labute approximate surface area is 138 Å². The number of anilines is 2. The van der Waals surface area contributed by atoms with Crippen LogP contribution in [0.25, 0.3) is 10.2 Å². The standard InChI is InChI=1S/C16H17N5OS/c1-10-4-3-6-17-14(10)21-12(22)5-7-18-15-13-11(2)8-23-16(13)20-9-19-15/h3-4,6,8-9H,5,7H2,1-2H3,(H,17,21,22)(H,18,19,20). The normalized spacial score (nSPS) is 10.7. The molecule has 2 N–H and O–H groups in total. The highest BCUT2D eigenvalue weighted by Gasteiger charge is 2.09. The molecule has 3 aromatic heterocycles. The Morgan fingerprint density at radius 2 is 2.04 bits per heavy atom. The van der Waals surface area contributed by atoms with Crippen LogP contribution in [0.15, 0.2) is 30.0 Å². The number of carbonyl (C=O) groups is 1. The smallest absolute Gasteiger partial charge is 0.227 e. The Kier molecular flexibility index (Phi) is 4.47. The Hall–Kier alpha value is -2.54. The number of thiophene rings is 1. The number of nitrogens with one attached hydrogen (secondary N) is 2. The van der Waals surface area contributed by atoms with Crippen LogP contribution in [-0.4, -0.2) is 27.4 Å². The second-order valence-electron chi connectivity index (χ2n) is 5.22. The number of rotatable bonds is 5. The molecule has 0 aliphatic rings. The molecule has 0 saturated heterocycles. The molecule has 0 unspecified atom stereocenters. The van der Waals surface area contributed by atoms with Crippen molar-refractivity contribution in [3.63, 3.8) is 0 Å². The number of hydrogen-bond acceptors (Lipinski definition) is 6. The lowest BCUT2D eigenvalue weighted by molar-refractivity contribution is -0.116. The van der Waals surface area contributed by atoms with Crippen LogP contribution >= 0.6 is 11.3 Å². The molecule has 23 heavy (non-hydrogen) atoms. The number of nitrogens with zero attached hydrogens (tertiary/aromatic N) is 3. The third kappa shape index (κ3) is 3.45. The SMILES string of the molecule is Cc1cccnc1NC(=O)CCNc1ncnc2scc(C)c12. The number of aryl methyl sites for hydroxylation is 2. The molecule has 0 atom stereocenters. The first-order valence-corrected chi connectivity index (χ1v) is 8.17. The summed E-state index contributed by atoms with van der Waals surface area (Å²) in [4.78, 5) is 25.7. The molecule has 3 rings (SSSR count). The molecular formula is C16H17N5OS. The zero-order chi connectivity index (χ0) is 16.2. The van der Waals surface area contributed by atoms with E-state index in [4.69, 9.17) is 0 Å². The van der Waals surface area contributed by atoms with Gasteiger partial charge in [0.2, 0.25) is 5.91 Å². The average Bonchev–Trinajstić information content (AvgIpc) is 2.92. The first-order chi connectivity index (χ1) is 11.1. The van der Waals surface area contributed by atoms with E-state index in [0.717, 1.165) is 27.2 Å². The van der Waals surface area contributed by atoms with E-state index in [9.17, 15) is 4.79 Å². The van der Waals surface area contributed by atoms with Crippen molar-refractivity contribution in [3.8, 4) is 0 Å². The van der Waals surface area contributed by atoms with Gasteiger partial charge < -0.3 is 10.6 Å². The molecule has 0 spiro atoms. The number of hydrogen-bond donors (Lipinski definition) is 2. The van der Waals surface area contributed by atoms with E-state index in [2.05, 4.69) is 31.0 Å². The number of aromatic nitrogens is 3. The van der Waals surface area contributed by atoms with Crippen LogP contribution in [0.2, 0.25) is 0 Å². The van der Waals surface area contributed by atoms with E-state index < -0.39 is 0 Å². The molecule has 1 amide bonds. The molecule has 0 fully saturated rings. The van der Waals surface area contributed by atoms with Gasteiger partial charge in [-0.25, -0.2) is 15.0 Å². The van der Waals surface area contributed by atoms with E-state index in [1.54, 1.807) is 17.5 Å². The molecule has 0 aliphatic carbocycles. The molecule has 3 heterocycles. The van der Waals surface area contributed by atoms with Gasteiger partial charge in [-0.15, -0.1) is 11.3 Å². The number of pyridine rings is 1. The molecule has 0 aliphatic heterocycles. The summed E-state index contributed by atoms with van der Waals surface area (Å²) in [5, 5.41) is 9.12. The highest BCUT2D eigenvalue weighted by atomic mass is 32.1. The van der Waals surface area contributed by atoms with Gasteiger partial charge in [-0.05, 0) is 36.4 Å². The molecule has 0 bridgehead atoms. The van der Waals surface area contributed by atoms with E-state index >= 15 is 0 Å². The van der Waals surface area contributed by atoms with Gasteiger partial charge in [-0.3, -0.25) is 4.79 Å². The zero-order valence-electron chi connectivity index (χ0n) is 13.0. The Balaban J connectivity index is 1.60. The van der Waals surface area contributed by atoms with Crippen molar-refractivity contribution in [1.29, 1.82) is 0 Å². The fourth-order valence-electron chi connectivity index (χ4n) is 2.26. The van der Waals surface area contributed by atoms with Crippen LogP contribution in [0.1, 0.15) is 17.5 Å². The molecule has 0 radical (unpaired) electrons. The minimum absolute atomic E-state index is 0.0772. The van der Waals surface area contributed by atoms with Crippen molar-refractivity contribution in [2.24, 2.45) is 0 Å². The fraction of sp³-hybridized carbons (Fsp3) is 0.250. The molecule has 7 heteroatoms. The first-order valence-electron chi connectivity index (χ1n) is 7.29. The predicted octanol–water partition coefficient (Wildman–Crippen LogP) is 3.14. The summed E-state index contributed by atoms with van der Waals surface area (Å²) in [6.45, 7) is 4.45. The maximum absolute atomic E-state index is 12.0. The van der Waals surface area contributed by atoms with Crippen molar-refractivity contribution >= 4 is 39.1 Å². The van der Waals surface area contributed by atoms with Gasteiger partial charge >= 0.3 is 0 Å². The summed E-state index contributed by atoms with van der Waals surface area (Å²) >= 11 is 1.59. The van der Waals surface area contributed by atoms with Gasteiger partial charge in [0.15, 0.2) is 0 Å². The lowest BCUT2D eigenvalue weighted by Gasteiger charge is -2.09. The number of carbonyl (C=O) groups excluding carboxylic acids is 1. The minimum Gasteiger partial charge on any atom is -0.369 e. The zero-order valence-corrected chi connectivity index (χ0v) is 13.8. The van der Waals surface area contributed by atoms with Crippen molar-refractivity contribution in [3.05, 3.63) is 41.2 Å². The van der Waals surface area contributed by atoms with Gasteiger partial charge in [-0.1, -0.05) is 6.07 Å². The highest BCUT2D eigenvalue weighted by molar-refractivity contribution is 7.17. The largest absolute Gasteiger partial charge is 0.369 e. The van der Waals surface area contributed by atoms with Crippen LogP contribution in [-0.2, 0) is 4.79 Å². The number of fused-ring (bicyclic) bond motifs is 1. The molecular weight excluding hydrogens is 310 g/mol. The Bertz CT molecular complexity index is 845. The van der Waals surface area contributed by atoms with Crippen molar-refractivity contribution in [1.82, 2.24) is 15.0 Å². The van der Waals surface area contributed by atoms with Crippen LogP contribution in [0.4, 0.5) is 11.6 Å². The molecule has 6 nitrogen and oxygen atoms in total. The summed E-state index contributed by atoms with van der Waals surface area (Å²) in [5.41, 5.74) is 2.09. The molecule has 0 aromatic carbocycles. The van der Waals surface area contributed by atoms with Crippen molar-refractivity contribution in [2.45, 2.75) is 20.3 Å². The Morgan fingerprint density at radius 3 is 2.87 bits per heavy atom. The van der Waals surface area contributed by atoms with E-state index in [0.29, 0.717) is 18.8 Å². The number of amides is 1. The maximum atomic E-state index is 12.0. The van der Waals surface area contributed by atoms with E-state index in [1.165, 1.54) is 6.33 Å². The van der Waals surface area contributed by atoms with Crippen LogP contribution in [0, 0.1) is 13.8 Å².